The van der Waals surface area contributed by atoms with Crippen molar-refractivity contribution in [1.82, 2.24) is 10.6 Å². The number of para-hydroxylation sites is 1. The number of aliphatic carboxylic acids is 3. The number of phenolic OH excluding ortho intramolecular Hbond substituents is 1. The molecule has 0 aliphatic rings. The third-order valence-corrected chi connectivity index (χ3v) is 4.26. The number of ether oxygens (including phenoxy) is 1. The molecule has 0 saturated carbocycles. The molecule has 172 valence electrons. The maximum absolute atomic E-state index is 11.9. The van der Waals surface area contributed by atoms with Crippen molar-refractivity contribution in [1.29, 1.82) is 0 Å². The maximum Gasteiger partial charge on any atom is 0.332 e. The molecule has 0 unspecified atom stereocenters. The van der Waals surface area contributed by atoms with E-state index in [0.717, 1.165) is 0 Å². The largest absolute Gasteiger partial charge is 0.508 e. The van der Waals surface area contributed by atoms with Gasteiger partial charge in [0.1, 0.15) is 24.4 Å². The molecule has 0 fully saturated rings. The van der Waals surface area contributed by atoms with Crippen molar-refractivity contribution in [3.8, 4) is 5.75 Å². The van der Waals surface area contributed by atoms with E-state index in [1.54, 1.807) is 18.2 Å². The molecule has 0 radical (unpaired) electrons. The summed E-state index contributed by atoms with van der Waals surface area (Å²) in [5, 5.41) is 51.0. The number of rotatable bonds is 15. The van der Waals surface area contributed by atoms with Gasteiger partial charge in [0, 0.05) is 5.56 Å². The molecule has 12 heteroatoms. The Labute approximate surface area is 177 Å². The fourth-order valence-electron chi connectivity index (χ4n) is 2.50. The van der Waals surface area contributed by atoms with E-state index in [0.29, 0.717) is 5.56 Å². The Morgan fingerprint density at radius 2 is 1.45 bits per heavy atom. The van der Waals surface area contributed by atoms with E-state index in [2.05, 4.69) is 10.6 Å². The van der Waals surface area contributed by atoms with Gasteiger partial charge in [-0.2, -0.15) is 0 Å². The molecular formula is C19H26N2O10. The molecule has 1 aromatic carbocycles. The summed E-state index contributed by atoms with van der Waals surface area (Å²) < 4.78 is 4.97. The van der Waals surface area contributed by atoms with Gasteiger partial charge in [-0.1, -0.05) is 18.2 Å². The molecule has 0 saturated heterocycles. The van der Waals surface area contributed by atoms with Crippen molar-refractivity contribution in [2.75, 3.05) is 13.1 Å². The molecule has 7 N–H and O–H groups in total. The normalized spacial score (nSPS) is 13.7. The first-order valence-electron chi connectivity index (χ1n) is 9.37. The lowest BCUT2D eigenvalue weighted by atomic mass is 10.1. The average Bonchev–Trinajstić information content (AvgIpc) is 2.70. The van der Waals surface area contributed by atoms with Crippen LogP contribution in [-0.4, -0.2) is 80.7 Å². The highest BCUT2D eigenvalue weighted by atomic mass is 16.5. The van der Waals surface area contributed by atoms with Gasteiger partial charge in [-0.15, -0.1) is 0 Å². The lowest BCUT2D eigenvalue weighted by Crippen LogP contribution is -2.44. The second kappa shape index (κ2) is 13.2. The minimum Gasteiger partial charge on any atom is -0.508 e. The second-order valence-corrected chi connectivity index (χ2v) is 6.61. The number of carbonyl (C=O) groups is 4. The number of benzene rings is 1. The third kappa shape index (κ3) is 9.89. The molecule has 31 heavy (non-hydrogen) atoms. The Kier molecular flexibility index (Phi) is 11.0. The number of phenols is 1. The van der Waals surface area contributed by atoms with Crippen LogP contribution in [0.1, 0.15) is 24.8 Å². The van der Waals surface area contributed by atoms with Crippen molar-refractivity contribution in [2.45, 2.75) is 44.1 Å². The van der Waals surface area contributed by atoms with Crippen LogP contribution >= 0.6 is 0 Å². The number of aliphatic hydroxyl groups is 1. The molecule has 1 aromatic rings. The summed E-state index contributed by atoms with van der Waals surface area (Å²) in [4.78, 5) is 45.1. The molecule has 3 atom stereocenters. The van der Waals surface area contributed by atoms with E-state index in [9.17, 15) is 39.6 Å². The summed E-state index contributed by atoms with van der Waals surface area (Å²) in [5.74, 6) is -4.87. The van der Waals surface area contributed by atoms with E-state index in [1.165, 1.54) is 6.07 Å². The molecule has 0 amide bonds. The second-order valence-electron chi connectivity index (χ2n) is 6.61. The van der Waals surface area contributed by atoms with Crippen molar-refractivity contribution in [3.05, 3.63) is 29.8 Å². The van der Waals surface area contributed by atoms with Crippen LogP contribution in [0.15, 0.2) is 24.3 Å². The number of carboxylic acids is 3. The maximum atomic E-state index is 11.9. The summed E-state index contributed by atoms with van der Waals surface area (Å²) in [7, 11) is 0. The van der Waals surface area contributed by atoms with E-state index in [1.807, 2.05) is 0 Å². The van der Waals surface area contributed by atoms with Gasteiger partial charge in [0.15, 0.2) is 6.10 Å². The zero-order chi connectivity index (χ0) is 23.4. The quantitative estimate of drug-likeness (QED) is 0.166. The highest BCUT2D eigenvalue weighted by Crippen LogP contribution is 2.16. The fourth-order valence-corrected chi connectivity index (χ4v) is 2.50. The number of esters is 1. The number of aliphatic hydroxyl groups excluding tert-OH is 1. The van der Waals surface area contributed by atoms with Crippen molar-refractivity contribution in [2.24, 2.45) is 0 Å². The molecule has 0 aromatic heterocycles. The predicted molar refractivity (Wildman–Crippen MR) is 104 cm³/mol. The number of hydrogen-bond acceptors (Lipinski definition) is 9. The van der Waals surface area contributed by atoms with Crippen LogP contribution < -0.4 is 10.6 Å². The first-order valence-corrected chi connectivity index (χ1v) is 9.37. The number of aromatic hydroxyl groups is 1. The first-order chi connectivity index (χ1) is 14.6. The van der Waals surface area contributed by atoms with Crippen molar-refractivity contribution >= 4 is 23.9 Å². The summed E-state index contributed by atoms with van der Waals surface area (Å²) in [5.41, 5.74) is 0.360. The Morgan fingerprint density at radius 3 is 2.03 bits per heavy atom. The molecular weight excluding hydrogens is 416 g/mol. The van der Waals surface area contributed by atoms with Crippen LogP contribution in [0.5, 0.6) is 5.75 Å². The topological polar surface area (TPSA) is 203 Å². The van der Waals surface area contributed by atoms with Gasteiger partial charge >= 0.3 is 23.9 Å². The van der Waals surface area contributed by atoms with Crippen LogP contribution in [0.25, 0.3) is 0 Å². The lowest BCUT2D eigenvalue weighted by molar-refractivity contribution is -0.150. The average molecular weight is 442 g/mol. The predicted octanol–water partition coefficient (Wildman–Crippen LogP) is -0.863. The van der Waals surface area contributed by atoms with Crippen LogP contribution in [0.2, 0.25) is 0 Å². The van der Waals surface area contributed by atoms with Crippen LogP contribution in [0, 0.1) is 0 Å². The zero-order valence-corrected chi connectivity index (χ0v) is 16.6. The SMILES string of the molecule is O=C(C[C@H](NCC[C@H](NCC[C@H](O)C(=O)O)C(=O)O)C(=O)O)OCc1ccccc1O. The standard InChI is InChI=1S/C19H26N2O10/c22-14-4-2-1-3-11(14)10-31-16(24)9-13(18(27)28)21-7-5-12(17(25)26)20-8-6-15(23)19(29)30/h1-4,12-13,15,20-23H,5-10H2,(H,25,26)(H,27,28)(H,29,30)/t12-,13-,15-/m0/s1. The minimum atomic E-state index is -1.62. The smallest absolute Gasteiger partial charge is 0.332 e. The zero-order valence-electron chi connectivity index (χ0n) is 16.6. The molecule has 0 aliphatic carbocycles. The minimum absolute atomic E-state index is 0.0603. The summed E-state index contributed by atoms with van der Waals surface area (Å²) in [6.45, 7) is -0.383. The summed E-state index contributed by atoms with van der Waals surface area (Å²) >= 11 is 0. The van der Waals surface area contributed by atoms with Gasteiger partial charge < -0.3 is 40.9 Å². The van der Waals surface area contributed by atoms with E-state index < -0.39 is 48.5 Å². The highest BCUT2D eigenvalue weighted by Gasteiger charge is 2.24. The van der Waals surface area contributed by atoms with E-state index >= 15 is 0 Å². The van der Waals surface area contributed by atoms with Crippen LogP contribution in [0.4, 0.5) is 0 Å². The van der Waals surface area contributed by atoms with Gasteiger partial charge in [0.2, 0.25) is 0 Å². The van der Waals surface area contributed by atoms with Crippen molar-refractivity contribution in [3.63, 3.8) is 0 Å². The Hall–Kier alpha value is -3.22. The van der Waals surface area contributed by atoms with Gasteiger partial charge in [0.25, 0.3) is 0 Å². The molecule has 12 nitrogen and oxygen atoms in total. The molecule has 0 spiro atoms. The van der Waals surface area contributed by atoms with Crippen LogP contribution in [0.3, 0.4) is 0 Å². The molecule has 1 rings (SSSR count). The van der Waals surface area contributed by atoms with Gasteiger partial charge in [-0.25, -0.2) is 4.79 Å². The van der Waals surface area contributed by atoms with E-state index in [-0.39, 0.29) is 38.3 Å². The summed E-state index contributed by atoms with van der Waals surface area (Å²) in [6, 6.07) is 3.76. The number of hydrogen-bond donors (Lipinski definition) is 7. The van der Waals surface area contributed by atoms with Gasteiger partial charge in [-0.05, 0) is 32.0 Å². The lowest BCUT2D eigenvalue weighted by Gasteiger charge is -2.18. The molecule has 0 aliphatic heterocycles. The van der Waals surface area contributed by atoms with Gasteiger partial charge in [-0.3, -0.25) is 14.4 Å². The third-order valence-electron chi connectivity index (χ3n) is 4.26. The van der Waals surface area contributed by atoms with Crippen LogP contribution in [-0.2, 0) is 30.5 Å². The van der Waals surface area contributed by atoms with Crippen molar-refractivity contribution < 1.29 is 49.4 Å². The first kappa shape index (κ1) is 25.8. The Balaban J connectivity index is 2.46. The molecule has 0 heterocycles. The van der Waals surface area contributed by atoms with Gasteiger partial charge in [0.05, 0.1) is 6.42 Å². The monoisotopic (exact) mass is 442 g/mol. The Bertz CT molecular complexity index is 770. The van der Waals surface area contributed by atoms with E-state index in [4.69, 9.17) is 9.84 Å². The Morgan fingerprint density at radius 1 is 0.871 bits per heavy atom. The number of carboxylic acid groups (broad SMARTS) is 3. The highest BCUT2D eigenvalue weighted by molar-refractivity contribution is 5.81. The number of nitrogens with one attached hydrogen (secondary N) is 2. The number of carbonyl (C=O) groups excluding carboxylic acids is 1. The fraction of sp³-hybridized carbons (Fsp3) is 0.474. The summed E-state index contributed by atoms with van der Waals surface area (Å²) in [6.07, 6.45) is -2.40. The molecule has 0 bridgehead atoms.